The molecule has 3 nitrogen and oxygen atoms in total. The van der Waals surface area contributed by atoms with E-state index < -0.39 is 0 Å². The Kier molecular flexibility index (Phi) is 4.06. The van der Waals surface area contributed by atoms with Crippen LogP contribution in [0.5, 0.6) is 0 Å². The van der Waals surface area contributed by atoms with Crippen LogP contribution in [0.25, 0.3) is 10.6 Å². The Morgan fingerprint density at radius 1 is 1.29 bits per heavy atom. The van der Waals surface area contributed by atoms with Crippen LogP contribution in [0.15, 0.2) is 24.3 Å². The number of thiazole rings is 1. The molecule has 1 aliphatic heterocycles. The van der Waals surface area contributed by atoms with Gasteiger partial charge in [0.15, 0.2) is 0 Å². The van der Waals surface area contributed by atoms with Gasteiger partial charge >= 0.3 is 0 Å². The van der Waals surface area contributed by atoms with Crippen molar-refractivity contribution in [1.82, 2.24) is 9.88 Å². The van der Waals surface area contributed by atoms with Crippen molar-refractivity contribution < 1.29 is 4.79 Å². The normalized spacial score (nSPS) is 14.7. The fourth-order valence-corrected chi connectivity index (χ4v) is 3.76. The van der Waals surface area contributed by atoms with E-state index in [-0.39, 0.29) is 5.91 Å². The number of amides is 1. The quantitative estimate of drug-likeness (QED) is 0.868. The molecule has 1 aliphatic rings. The van der Waals surface area contributed by atoms with E-state index in [1.165, 1.54) is 5.56 Å². The minimum atomic E-state index is 0.245. The molecule has 0 saturated carbocycles. The second-order valence-electron chi connectivity index (χ2n) is 5.66. The number of benzene rings is 1. The summed E-state index contributed by atoms with van der Waals surface area (Å²) in [6.45, 7) is 5.92. The zero-order chi connectivity index (χ0) is 14.8. The molecule has 2 aromatic rings. The number of hydrogen-bond donors (Lipinski definition) is 0. The van der Waals surface area contributed by atoms with Crippen molar-refractivity contribution in [2.45, 2.75) is 33.1 Å². The molecule has 1 fully saturated rings. The third-order valence-electron chi connectivity index (χ3n) is 3.93. The molecule has 1 amide bonds. The fourth-order valence-electron chi connectivity index (χ4n) is 2.71. The molecule has 0 N–H and O–H groups in total. The Hall–Kier alpha value is -1.68. The van der Waals surface area contributed by atoms with Crippen LogP contribution in [0.3, 0.4) is 0 Å². The van der Waals surface area contributed by atoms with Crippen LogP contribution in [0.4, 0.5) is 0 Å². The summed E-state index contributed by atoms with van der Waals surface area (Å²) in [6, 6.07) is 8.36. The number of carbonyl (C=O) groups is 1. The number of aryl methyl sites for hydroxylation is 2. The Morgan fingerprint density at radius 3 is 2.76 bits per heavy atom. The summed E-state index contributed by atoms with van der Waals surface area (Å²) in [7, 11) is 0. The van der Waals surface area contributed by atoms with E-state index in [2.05, 4.69) is 36.2 Å². The molecule has 0 bridgehead atoms. The largest absolute Gasteiger partial charge is 0.342 e. The van der Waals surface area contributed by atoms with Gasteiger partial charge in [0.05, 0.1) is 12.1 Å². The highest BCUT2D eigenvalue weighted by molar-refractivity contribution is 7.15. The van der Waals surface area contributed by atoms with Gasteiger partial charge in [0.1, 0.15) is 5.01 Å². The Morgan fingerprint density at radius 2 is 2.05 bits per heavy atom. The topological polar surface area (TPSA) is 33.2 Å². The van der Waals surface area contributed by atoms with Crippen LogP contribution in [-0.2, 0) is 11.2 Å². The monoisotopic (exact) mass is 300 g/mol. The van der Waals surface area contributed by atoms with Crippen LogP contribution in [0.2, 0.25) is 0 Å². The van der Waals surface area contributed by atoms with E-state index in [9.17, 15) is 4.79 Å². The van der Waals surface area contributed by atoms with Gasteiger partial charge in [-0.1, -0.05) is 23.8 Å². The van der Waals surface area contributed by atoms with Gasteiger partial charge in [-0.15, -0.1) is 11.3 Å². The predicted molar refractivity (Wildman–Crippen MR) is 86.5 cm³/mol. The summed E-state index contributed by atoms with van der Waals surface area (Å²) in [5, 5.41) is 1.01. The Labute approximate surface area is 129 Å². The standard InChI is InChI=1S/C17H20N2OS/c1-12-6-5-7-14(10-12)17-18-13(2)15(21-17)11-16(20)19-8-3-4-9-19/h5-7,10H,3-4,8-9,11H2,1-2H3. The summed E-state index contributed by atoms with van der Waals surface area (Å²) in [6.07, 6.45) is 2.78. The molecule has 2 heterocycles. The lowest BCUT2D eigenvalue weighted by Gasteiger charge is -2.14. The van der Waals surface area contributed by atoms with Crippen LogP contribution in [-0.4, -0.2) is 28.9 Å². The van der Waals surface area contributed by atoms with E-state index in [4.69, 9.17) is 0 Å². The summed E-state index contributed by atoms with van der Waals surface area (Å²) in [5.74, 6) is 0.245. The Bertz CT molecular complexity index is 657. The molecule has 0 aliphatic carbocycles. The van der Waals surface area contributed by atoms with Crippen molar-refractivity contribution in [2.24, 2.45) is 0 Å². The van der Waals surface area contributed by atoms with Gasteiger partial charge in [0.2, 0.25) is 5.91 Å². The van der Waals surface area contributed by atoms with Crippen molar-refractivity contribution in [3.05, 3.63) is 40.4 Å². The maximum Gasteiger partial charge on any atom is 0.227 e. The number of likely N-dealkylation sites (tertiary alicyclic amines) is 1. The molecule has 0 unspecified atom stereocenters. The average molecular weight is 300 g/mol. The molecule has 3 rings (SSSR count). The van der Waals surface area contributed by atoms with Crippen molar-refractivity contribution in [1.29, 1.82) is 0 Å². The van der Waals surface area contributed by atoms with Gasteiger partial charge in [-0.05, 0) is 32.8 Å². The van der Waals surface area contributed by atoms with Crippen LogP contribution in [0.1, 0.15) is 29.0 Å². The summed E-state index contributed by atoms with van der Waals surface area (Å²) in [5.41, 5.74) is 3.36. The second kappa shape index (κ2) is 5.98. The predicted octanol–water partition coefficient (Wildman–Crippen LogP) is 3.59. The molecular formula is C17H20N2OS. The van der Waals surface area contributed by atoms with Gasteiger partial charge in [-0.3, -0.25) is 4.79 Å². The minimum absolute atomic E-state index is 0.245. The lowest BCUT2D eigenvalue weighted by Crippen LogP contribution is -2.28. The van der Waals surface area contributed by atoms with E-state index in [0.29, 0.717) is 6.42 Å². The van der Waals surface area contributed by atoms with E-state index in [1.807, 2.05) is 11.8 Å². The molecule has 1 aromatic heterocycles. The van der Waals surface area contributed by atoms with Crippen LogP contribution < -0.4 is 0 Å². The van der Waals surface area contributed by atoms with Crippen molar-refractivity contribution in [3.63, 3.8) is 0 Å². The molecule has 1 saturated heterocycles. The zero-order valence-corrected chi connectivity index (χ0v) is 13.4. The van der Waals surface area contributed by atoms with E-state index >= 15 is 0 Å². The second-order valence-corrected chi connectivity index (χ2v) is 6.75. The highest BCUT2D eigenvalue weighted by atomic mass is 32.1. The summed E-state index contributed by atoms with van der Waals surface area (Å²) in [4.78, 5) is 20.0. The van der Waals surface area contributed by atoms with E-state index in [1.54, 1.807) is 11.3 Å². The van der Waals surface area contributed by atoms with Gasteiger partial charge < -0.3 is 4.90 Å². The van der Waals surface area contributed by atoms with Gasteiger partial charge in [-0.2, -0.15) is 0 Å². The SMILES string of the molecule is Cc1cccc(-c2nc(C)c(CC(=O)N3CCCC3)s2)c1. The minimum Gasteiger partial charge on any atom is -0.342 e. The molecule has 1 aromatic carbocycles. The highest BCUT2D eigenvalue weighted by Crippen LogP contribution is 2.29. The first-order valence-electron chi connectivity index (χ1n) is 7.44. The molecule has 21 heavy (non-hydrogen) atoms. The molecular weight excluding hydrogens is 280 g/mol. The average Bonchev–Trinajstić information content (AvgIpc) is 3.09. The number of carbonyl (C=O) groups excluding carboxylic acids is 1. The molecule has 0 atom stereocenters. The zero-order valence-electron chi connectivity index (χ0n) is 12.6. The van der Waals surface area contributed by atoms with Crippen molar-refractivity contribution in [3.8, 4) is 10.6 Å². The first-order valence-corrected chi connectivity index (χ1v) is 8.26. The van der Waals surface area contributed by atoms with Gasteiger partial charge in [0, 0.05) is 23.5 Å². The van der Waals surface area contributed by atoms with E-state index in [0.717, 1.165) is 47.1 Å². The lowest BCUT2D eigenvalue weighted by atomic mass is 10.1. The first-order chi connectivity index (χ1) is 10.1. The molecule has 110 valence electrons. The van der Waals surface area contributed by atoms with Gasteiger partial charge in [-0.25, -0.2) is 4.98 Å². The molecule has 0 spiro atoms. The highest BCUT2D eigenvalue weighted by Gasteiger charge is 2.20. The van der Waals surface area contributed by atoms with Crippen molar-refractivity contribution >= 4 is 17.2 Å². The maximum absolute atomic E-state index is 12.3. The number of hydrogen-bond acceptors (Lipinski definition) is 3. The number of aromatic nitrogens is 1. The van der Waals surface area contributed by atoms with Crippen molar-refractivity contribution in [2.75, 3.05) is 13.1 Å². The van der Waals surface area contributed by atoms with Crippen LogP contribution in [0, 0.1) is 13.8 Å². The number of nitrogens with zero attached hydrogens (tertiary/aromatic N) is 2. The fraction of sp³-hybridized carbons (Fsp3) is 0.412. The Balaban J connectivity index is 1.79. The van der Waals surface area contributed by atoms with Crippen LogP contribution >= 0.6 is 11.3 Å². The molecule has 0 radical (unpaired) electrons. The summed E-state index contributed by atoms with van der Waals surface area (Å²) >= 11 is 1.65. The third-order valence-corrected chi connectivity index (χ3v) is 5.13. The van der Waals surface area contributed by atoms with Gasteiger partial charge in [0.25, 0.3) is 0 Å². The first kappa shape index (κ1) is 14.3. The third kappa shape index (κ3) is 3.16. The summed E-state index contributed by atoms with van der Waals surface area (Å²) < 4.78 is 0. The molecule has 4 heteroatoms. The lowest BCUT2D eigenvalue weighted by molar-refractivity contribution is -0.129. The number of rotatable bonds is 3. The maximum atomic E-state index is 12.3. The smallest absolute Gasteiger partial charge is 0.227 e.